The molecule has 1 unspecified atom stereocenters. The smallest absolute Gasteiger partial charge is 0.329 e. The maximum Gasteiger partial charge on any atom is 0.329 e. The van der Waals surface area contributed by atoms with Gasteiger partial charge in [0.05, 0.1) is 12.8 Å². The number of benzene rings is 1. The van der Waals surface area contributed by atoms with Gasteiger partial charge < -0.3 is 14.8 Å². The second-order valence-corrected chi connectivity index (χ2v) is 6.39. The predicted octanol–water partition coefficient (Wildman–Crippen LogP) is 3.14. The molecule has 0 bridgehead atoms. The van der Waals surface area contributed by atoms with E-state index in [9.17, 15) is 4.79 Å². The number of ether oxygens (including phenoxy) is 2. The van der Waals surface area contributed by atoms with E-state index in [1.165, 1.54) is 0 Å². The first-order valence-corrected chi connectivity index (χ1v) is 6.96. The Morgan fingerprint density at radius 2 is 2.11 bits per heavy atom. The number of esters is 1. The maximum absolute atomic E-state index is 12.1. The van der Waals surface area contributed by atoms with Crippen LogP contribution in [0.2, 0.25) is 0 Å². The van der Waals surface area contributed by atoms with Crippen LogP contribution in [0.4, 0.5) is 5.69 Å². The summed E-state index contributed by atoms with van der Waals surface area (Å²) in [6, 6.07) is 3.44. The minimum absolute atomic E-state index is 0.238. The maximum atomic E-state index is 12.1. The first kappa shape index (κ1) is 14.2. The monoisotopic (exact) mass is 327 g/mol. The predicted molar refractivity (Wildman–Crippen MR) is 77.7 cm³/mol. The zero-order valence-electron chi connectivity index (χ0n) is 11.5. The van der Waals surface area contributed by atoms with E-state index in [4.69, 9.17) is 9.47 Å². The van der Waals surface area contributed by atoms with Gasteiger partial charge in [-0.2, -0.15) is 0 Å². The van der Waals surface area contributed by atoms with Crippen LogP contribution < -0.4 is 10.1 Å². The molecule has 1 aliphatic heterocycles. The molecule has 1 heterocycles. The Balaban J connectivity index is 2.20. The fourth-order valence-corrected chi connectivity index (χ4v) is 2.57. The number of hydrogen-bond acceptors (Lipinski definition) is 4. The molecule has 0 saturated heterocycles. The normalized spacial score (nSPS) is 17.6. The van der Waals surface area contributed by atoms with Crippen LogP contribution in [0.1, 0.15) is 26.3 Å². The number of carbonyl (C=O) groups excluding carboxylic acids is 1. The third kappa shape index (κ3) is 3.03. The molecule has 19 heavy (non-hydrogen) atoms. The first-order valence-electron chi connectivity index (χ1n) is 6.16. The second-order valence-electron chi connectivity index (χ2n) is 5.54. The van der Waals surface area contributed by atoms with E-state index in [0.29, 0.717) is 6.42 Å². The fraction of sp³-hybridized carbons (Fsp3) is 0.500. The number of rotatable bonds is 2. The lowest BCUT2D eigenvalue weighted by atomic mass is 10.1. The highest BCUT2D eigenvalue weighted by atomic mass is 79.9. The number of carbonyl (C=O) groups is 1. The highest BCUT2D eigenvalue weighted by Crippen LogP contribution is 2.39. The van der Waals surface area contributed by atoms with Crippen molar-refractivity contribution in [2.45, 2.75) is 38.8 Å². The van der Waals surface area contributed by atoms with Gasteiger partial charge in [0.15, 0.2) is 0 Å². The number of anilines is 1. The van der Waals surface area contributed by atoms with Crippen LogP contribution in [-0.2, 0) is 16.0 Å². The molecule has 4 nitrogen and oxygen atoms in total. The van der Waals surface area contributed by atoms with Gasteiger partial charge in [-0.05, 0) is 38.5 Å². The lowest BCUT2D eigenvalue weighted by molar-refractivity contribution is -0.155. The van der Waals surface area contributed by atoms with Gasteiger partial charge in [0, 0.05) is 10.9 Å². The Hall–Kier alpha value is -1.23. The van der Waals surface area contributed by atoms with Crippen molar-refractivity contribution in [3.63, 3.8) is 0 Å². The van der Waals surface area contributed by atoms with Gasteiger partial charge in [-0.25, -0.2) is 4.79 Å². The van der Waals surface area contributed by atoms with Gasteiger partial charge in [-0.15, -0.1) is 0 Å². The number of hydrogen-bond donors (Lipinski definition) is 1. The molecule has 0 radical (unpaired) electrons. The summed E-state index contributed by atoms with van der Waals surface area (Å²) >= 11 is 3.50. The van der Waals surface area contributed by atoms with Crippen molar-refractivity contribution >= 4 is 27.6 Å². The summed E-state index contributed by atoms with van der Waals surface area (Å²) in [5.74, 6) is 0.502. The molecule has 1 aromatic carbocycles. The molecule has 0 amide bonds. The minimum atomic E-state index is -0.477. The Morgan fingerprint density at radius 1 is 1.42 bits per heavy atom. The fourth-order valence-electron chi connectivity index (χ4n) is 2.07. The quantitative estimate of drug-likeness (QED) is 0.848. The zero-order chi connectivity index (χ0) is 14.2. The summed E-state index contributed by atoms with van der Waals surface area (Å²) in [6.45, 7) is 5.59. The summed E-state index contributed by atoms with van der Waals surface area (Å²) in [6.07, 6.45) is 0.599. The largest absolute Gasteiger partial charge is 0.495 e. The number of nitrogens with one attached hydrogen (secondary N) is 1. The summed E-state index contributed by atoms with van der Waals surface area (Å²) in [4.78, 5) is 12.1. The van der Waals surface area contributed by atoms with Gasteiger partial charge in [-0.1, -0.05) is 15.9 Å². The standard InChI is InChI=1S/C14H18BrNO3/c1-14(2,3)19-13(17)10-7-8-9(15)5-6-11(18-4)12(8)16-10/h5-6,10,16H,7H2,1-4H3. The van der Waals surface area contributed by atoms with E-state index in [-0.39, 0.29) is 12.0 Å². The van der Waals surface area contributed by atoms with E-state index >= 15 is 0 Å². The molecule has 1 atom stereocenters. The summed E-state index contributed by atoms with van der Waals surface area (Å²) < 4.78 is 11.7. The van der Waals surface area contributed by atoms with E-state index in [1.807, 2.05) is 32.9 Å². The average molecular weight is 328 g/mol. The molecule has 5 heteroatoms. The molecule has 1 aromatic rings. The van der Waals surface area contributed by atoms with Crippen molar-refractivity contribution in [3.8, 4) is 5.75 Å². The number of methoxy groups -OCH3 is 1. The van der Waals surface area contributed by atoms with Gasteiger partial charge >= 0.3 is 5.97 Å². The molecular weight excluding hydrogens is 310 g/mol. The second kappa shape index (κ2) is 5.04. The van der Waals surface area contributed by atoms with Crippen molar-refractivity contribution in [3.05, 3.63) is 22.2 Å². The highest BCUT2D eigenvalue weighted by molar-refractivity contribution is 9.10. The summed E-state index contributed by atoms with van der Waals surface area (Å²) in [5.41, 5.74) is 1.44. The van der Waals surface area contributed by atoms with Crippen molar-refractivity contribution < 1.29 is 14.3 Å². The molecule has 0 spiro atoms. The third-order valence-electron chi connectivity index (χ3n) is 2.86. The van der Waals surface area contributed by atoms with Crippen LogP contribution >= 0.6 is 15.9 Å². The summed E-state index contributed by atoms with van der Waals surface area (Å²) in [5, 5.41) is 3.19. The van der Waals surface area contributed by atoms with Crippen LogP contribution in [0.3, 0.4) is 0 Å². The molecular formula is C14H18BrNO3. The molecule has 1 aliphatic rings. The third-order valence-corrected chi connectivity index (χ3v) is 3.60. The topological polar surface area (TPSA) is 47.6 Å². The SMILES string of the molecule is COc1ccc(Br)c2c1NC(C(=O)OC(C)(C)C)C2. The number of halogens is 1. The van der Waals surface area contributed by atoms with Crippen molar-refractivity contribution in [2.24, 2.45) is 0 Å². The Bertz CT molecular complexity index is 508. The highest BCUT2D eigenvalue weighted by Gasteiger charge is 2.33. The van der Waals surface area contributed by atoms with Crippen LogP contribution in [0.5, 0.6) is 5.75 Å². The van der Waals surface area contributed by atoms with Gasteiger partial charge in [0.25, 0.3) is 0 Å². The average Bonchev–Trinajstić information content (AvgIpc) is 2.73. The molecule has 104 valence electrons. The zero-order valence-corrected chi connectivity index (χ0v) is 13.1. The van der Waals surface area contributed by atoms with Crippen LogP contribution in [-0.4, -0.2) is 24.7 Å². The van der Waals surface area contributed by atoms with Crippen molar-refractivity contribution in [1.29, 1.82) is 0 Å². The molecule has 2 rings (SSSR count). The molecule has 0 aliphatic carbocycles. The van der Waals surface area contributed by atoms with Crippen LogP contribution in [0.15, 0.2) is 16.6 Å². The molecule has 0 fully saturated rings. The molecule has 0 aromatic heterocycles. The van der Waals surface area contributed by atoms with E-state index in [2.05, 4.69) is 21.2 Å². The van der Waals surface area contributed by atoms with E-state index in [0.717, 1.165) is 21.5 Å². The van der Waals surface area contributed by atoms with E-state index < -0.39 is 5.60 Å². The lowest BCUT2D eigenvalue weighted by Gasteiger charge is -2.22. The first-order chi connectivity index (χ1) is 8.81. The van der Waals surface area contributed by atoms with Crippen molar-refractivity contribution in [2.75, 3.05) is 12.4 Å². The Labute approximate surface area is 121 Å². The van der Waals surface area contributed by atoms with Crippen molar-refractivity contribution in [1.82, 2.24) is 0 Å². The van der Waals surface area contributed by atoms with Gasteiger partial charge in [0.2, 0.25) is 0 Å². The van der Waals surface area contributed by atoms with Gasteiger partial charge in [-0.3, -0.25) is 0 Å². The van der Waals surface area contributed by atoms with Crippen LogP contribution in [0.25, 0.3) is 0 Å². The van der Waals surface area contributed by atoms with Gasteiger partial charge in [0.1, 0.15) is 17.4 Å². The molecule has 0 saturated carbocycles. The number of fused-ring (bicyclic) bond motifs is 1. The molecule has 1 N–H and O–H groups in total. The summed E-state index contributed by atoms with van der Waals surface area (Å²) in [7, 11) is 1.62. The minimum Gasteiger partial charge on any atom is -0.495 e. The van der Waals surface area contributed by atoms with Crippen LogP contribution in [0, 0.1) is 0 Å². The van der Waals surface area contributed by atoms with E-state index in [1.54, 1.807) is 7.11 Å². The lowest BCUT2D eigenvalue weighted by Crippen LogP contribution is -2.35. The Morgan fingerprint density at radius 3 is 2.68 bits per heavy atom. The Kier molecular flexibility index (Phi) is 3.76.